The van der Waals surface area contributed by atoms with Crippen molar-refractivity contribution in [3.8, 4) is 0 Å². The zero-order valence-electron chi connectivity index (χ0n) is 21.6. The Morgan fingerprint density at radius 1 is 0.892 bits per heavy atom. The van der Waals surface area contributed by atoms with Crippen LogP contribution in [-0.4, -0.2) is 24.2 Å². The topological polar surface area (TPSA) is 29.5 Å². The van der Waals surface area contributed by atoms with Crippen LogP contribution in [0.15, 0.2) is 94.0 Å². The number of ether oxygens (including phenoxy) is 1. The number of anilines is 1. The Morgan fingerprint density at radius 3 is 1.81 bits per heavy atom. The molecule has 0 spiro atoms. The van der Waals surface area contributed by atoms with E-state index in [1.807, 2.05) is 79.7 Å². The van der Waals surface area contributed by atoms with E-state index in [-0.39, 0.29) is 5.97 Å². The number of esters is 1. The fraction of sp³-hybridized carbons (Fsp3) is 0.258. The molecule has 6 heteroatoms. The normalized spacial score (nSPS) is 16.6. The Morgan fingerprint density at radius 2 is 1.38 bits per heavy atom. The highest BCUT2D eigenvalue weighted by molar-refractivity contribution is 9.10. The van der Waals surface area contributed by atoms with E-state index in [1.54, 1.807) is 0 Å². The summed E-state index contributed by atoms with van der Waals surface area (Å²) < 4.78 is 6.70. The van der Waals surface area contributed by atoms with E-state index in [0.717, 1.165) is 43.6 Å². The van der Waals surface area contributed by atoms with Gasteiger partial charge in [0.2, 0.25) is 0 Å². The smallest absolute Gasteiger partial charge is 0.333 e. The van der Waals surface area contributed by atoms with Gasteiger partial charge in [-0.3, -0.25) is 0 Å². The van der Waals surface area contributed by atoms with Crippen LogP contribution in [0.4, 0.5) is 5.69 Å². The lowest BCUT2D eigenvalue weighted by atomic mass is 9.82. The van der Waals surface area contributed by atoms with Gasteiger partial charge in [0.15, 0.2) is 6.04 Å². The molecule has 0 amide bonds. The highest BCUT2D eigenvalue weighted by Gasteiger charge is 2.52. The predicted molar refractivity (Wildman–Crippen MR) is 158 cm³/mol. The van der Waals surface area contributed by atoms with Crippen molar-refractivity contribution in [2.75, 3.05) is 11.5 Å². The van der Waals surface area contributed by atoms with Gasteiger partial charge in [-0.05, 0) is 111 Å². The SMILES string of the molecule is CCOC(=O)C1C(=C(c2ccc(Cl)cc2)c2ccc(Cl)cc2)C(=C(C)C)C(C)(C)N1c1ccc(Br)cc1. The van der Waals surface area contributed by atoms with Crippen molar-refractivity contribution in [3.63, 3.8) is 0 Å². The van der Waals surface area contributed by atoms with Gasteiger partial charge in [-0.2, -0.15) is 0 Å². The van der Waals surface area contributed by atoms with Crippen molar-refractivity contribution in [1.29, 1.82) is 0 Å². The molecule has 0 aliphatic carbocycles. The number of carbonyl (C=O) groups excluding carboxylic acids is 1. The van der Waals surface area contributed by atoms with Crippen LogP contribution in [0.5, 0.6) is 0 Å². The van der Waals surface area contributed by atoms with Gasteiger partial charge in [0.25, 0.3) is 0 Å². The number of benzene rings is 3. The van der Waals surface area contributed by atoms with Crippen molar-refractivity contribution >= 4 is 56.4 Å². The number of halogens is 3. The Hall–Kier alpha value is -2.53. The Balaban J connectivity index is 2.15. The third-order valence-corrected chi connectivity index (χ3v) is 7.70. The van der Waals surface area contributed by atoms with Crippen molar-refractivity contribution in [1.82, 2.24) is 0 Å². The average Bonchev–Trinajstić information content (AvgIpc) is 3.09. The lowest BCUT2D eigenvalue weighted by molar-refractivity contribution is -0.143. The van der Waals surface area contributed by atoms with E-state index < -0.39 is 11.6 Å². The molecule has 1 heterocycles. The Kier molecular flexibility index (Phi) is 8.23. The largest absolute Gasteiger partial charge is 0.464 e. The number of allylic oxidation sites excluding steroid dienone is 1. The minimum atomic E-state index is -0.664. The molecule has 1 atom stereocenters. The van der Waals surface area contributed by atoms with Gasteiger partial charge in [0.05, 0.1) is 12.1 Å². The van der Waals surface area contributed by atoms with E-state index >= 15 is 0 Å². The van der Waals surface area contributed by atoms with Crippen molar-refractivity contribution in [3.05, 3.63) is 115 Å². The second kappa shape index (κ2) is 11.1. The summed E-state index contributed by atoms with van der Waals surface area (Å²) in [5.74, 6) is -0.287. The first-order valence-corrected chi connectivity index (χ1v) is 13.8. The molecule has 0 saturated carbocycles. The Bertz CT molecular complexity index is 1310. The van der Waals surface area contributed by atoms with E-state index in [4.69, 9.17) is 27.9 Å². The first kappa shape index (κ1) is 27.5. The molecule has 1 fully saturated rings. The number of hydrogen-bond acceptors (Lipinski definition) is 3. The minimum Gasteiger partial charge on any atom is -0.464 e. The molecular formula is C31H30BrCl2NO2. The summed E-state index contributed by atoms with van der Waals surface area (Å²) in [6.07, 6.45) is 0. The fourth-order valence-electron chi connectivity index (χ4n) is 5.41. The summed E-state index contributed by atoms with van der Waals surface area (Å²) >= 11 is 16.1. The van der Waals surface area contributed by atoms with Crippen LogP contribution >= 0.6 is 39.1 Å². The highest BCUT2D eigenvalue weighted by atomic mass is 79.9. The molecule has 3 nitrogen and oxygen atoms in total. The van der Waals surface area contributed by atoms with Gasteiger partial charge in [0.1, 0.15) is 0 Å². The van der Waals surface area contributed by atoms with Crippen LogP contribution in [0.1, 0.15) is 45.7 Å². The molecule has 1 aliphatic heterocycles. The second-order valence-corrected chi connectivity index (χ2v) is 11.5. The first-order chi connectivity index (χ1) is 17.6. The average molecular weight is 599 g/mol. The minimum absolute atomic E-state index is 0.287. The molecule has 37 heavy (non-hydrogen) atoms. The molecule has 3 aromatic rings. The second-order valence-electron chi connectivity index (χ2n) is 9.74. The van der Waals surface area contributed by atoms with E-state index in [1.165, 1.54) is 0 Å². The van der Waals surface area contributed by atoms with Crippen LogP contribution in [0.2, 0.25) is 10.0 Å². The summed E-state index contributed by atoms with van der Waals surface area (Å²) in [6, 6.07) is 22.9. The lowest BCUT2D eigenvalue weighted by Gasteiger charge is -2.37. The summed E-state index contributed by atoms with van der Waals surface area (Å²) in [5, 5.41) is 1.30. The van der Waals surface area contributed by atoms with Crippen LogP contribution < -0.4 is 4.90 Å². The van der Waals surface area contributed by atoms with Gasteiger partial charge in [-0.15, -0.1) is 0 Å². The summed E-state index contributed by atoms with van der Waals surface area (Å²) in [7, 11) is 0. The molecule has 0 radical (unpaired) electrons. The van der Waals surface area contributed by atoms with E-state index in [0.29, 0.717) is 16.7 Å². The number of carbonyl (C=O) groups is 1. The van der Waals surface area contributed by atoms with Crippen LogP contribution in [0.3, 0.4) is 0 Å². The van der Waals surface area contributed by atoms with Gasteiger partial charge in [-0.25, -0.2) is 4.79 Å². The number of hydrogen-bond donors (Lipinski definition) is 0. The molecule has 1 unspecified atom stereocenters. The molecule has 0 N–H and O–H groups in total. The molecular weight excluding hydrogens is 569 g/mol. The zero-order valence-corrected chi connectivity index (χ0v) is 24.7. The van der Waals surface area contributed by atoms with E-state index in [2.05, 4.69) is 48.5 Å². The van der Waals surface area contributed by atoms with Crippen LogP contribution in [-0.2, 0) is 9.53 Å². The predicted octanol–water partition coefficient (Wildman–Crippen LogP) is 9.12. The third-order valence-electron chi connectivity index (χ3n) is 6.66. The molecule has 4 rings (SSSR count). The van der Waals surface area contributed by atoms with E-state index in [9.17, 15) is 4.79 Å². The zero-order chi connectivity index (χ0) is 26.9. The molecule has 0 aromatic heterocycles. The van der Waals surface area contributed by atoms with Gasteiger partial charge < -0.3 is 9.64 Å². The number of nitrogens with zero attached hydrogens (tertiary/aromatic N) is 1. The van der Waals surface area contributed by atoms with Crippen molar-refractivity contribution in [2.24, 2.45) is 0 Å². The highest BCUT2D eigenvalue weighted by Crippen LogP contribution is 2.50. The quantitative estimate of drug-likeness (QED) is 0.274. The molecule has 1 aliphatic rings. The molecule has 0 bridgehead atoms. The van der Waals surface area contributed by atoms with Crippen molar-refractivity contribution in [2.45, 2.75) is 46.2 Å². The maximum Gasteiger partial charge on any atom is 0.333 e. The van der Waals surface area contributed by atoms with Crippen molar-refractivity contribution < 1.29 is 9.53 Å². The maximum absolute atomic E-state index is 13.9. The standard InChI is InChI=1S/C31H30BrCl2NO2/c1-6-37-30(36)29-27(26(20-7-13-23(33)14-8-20)21-9-15-24(34)16-10-21)28(19(2)3)31(4,5)35(29)25-17-11-22(32)12-18-25/h7-18,29H,6H2,1-5H3. The molecule has 3 aromatic carbocycles. The summed E-state index contributed by atoms with van der Waals surface area (Å²) in [4.78, 5) is 16.0. The van der Waals surface area contributed by atoms with Gasteiger partial charge in [-0.1, -0.05) is 69.0 Å². The van der Waals surface area contributed by atoms with Gasteiger partial charge in [0, 0.05) is 20.2 Å². The third kappa shape index (κ3) is 5.38. The number of rotatable bonds is 5. The summed E-state index contributed by atoms with van der Waals surface area (Å²) in [6.45, 7) is 10.7. The van der Waals surface area contributed by atoms with Gasteiger partial charge >= 0.3 is 5.97 Å². The monoisotopic (exact) mass is 597 g/mol. The van der Waals surface area contributed by atoms with Crippen LogP contribution in [0, 0.1) is 0 Å². The first-order valence-electron chi connectivity index (χ1n) is 12.2. The maximum atomic E-state index is 13.9. The summed E-state index contributed by atoms with van der Waals surface area (Å²) in [5.41, 5.74) is 6.47. The Labute approximate surface area is 237 Å². The molecule has 192 valence electrons. The molecule has 1 saturated heterocycles. The fourth-order valence-corrected chi connectivity index (χ4v) is 5.93. The lowest BCUT2D eigenvalue weighted by Crippen LogP contribution is -2.47. The van der Waals surface area contributed by atoms with Crippen LogP contribution in [0.25, 0.3) is 5.57 Å².